The Hall–Kier alpha value is -3.16. The van der Waals surface area contributed by atoms with Gasteiger partial charge in [-0.1, -0.05) is 6.07 Å². The summed E-state index contributed by atoms with van der Waals surface area (Å²) in [6.07, 6.45) is -1.93. The van der Waals surface area contributed by atoms with Gasteiger partial charge in [0, 0.05) is 10.9 Å². The van der Waals surface area contributed by atoms with E-state index in [9.17, 15) is 18.0 Å². The Morgan fingerprint density at radius 1 is 1.12 bits per heavy atom. The highest BCUT2D eigenvalue weighted by atomic mass is 19.4. The van der Waals surface area contributed by atoms with Gasteiger partial charge in [-0.05, 0) is 36.2 Å². The zero-order valence-corrected chi connectivity index (χ0v) is 12.9. The number of rotatable bonds is 1. The van der Waals surface area contributed by atoms with Gasteiger partial charge < -0.3 is 4.98 Å². The van der Waals surface area contributed by atoms with Crippen molar-refractivity contribution >= 4 is 21.8 Å². The van der Waals surface area contributed by atoms with E-state index in [0.29, 0.717) is 27.4 Å². The van der Waals surface area contributed by atoms with Crippen LogP contribution in [-0.4, -0.2) is 20.2 Å². The number of fused-ring (bicyclic) bond motifs is 2. The van der Waals surface area contributed by atoms with E-state index in [1.165, 1.54) is 43.7 Å². The maximum atomic E-state index is 13.7. The first-order valence-electron chi connectivity index (χ1n) is 7.38. The molecule has 4 rings (SSSR count). The number of alkyl halides is 3. The molecule has 0 aliphatic rings. The summed E-state index contributed by atoms with van der Waals surface area (Å²) in [6.45, 7) is 1.41. The first-order valence-corrected chi connectivity index (χ1v) is 7.38. The van der Waals surface area contributed by atoms with Crippen LogP contribution < -0.4 is 5.56 Å². The Labute approximate surface area is 138 Å². The lowest BCUT2D eigenvalue weighted by Crippen LogP contribution is -2.10. The van der Waals surface area contributed by atoms with Crippen molar-refractivity contribution in [2.45, 2.75) is 13.1 Å². The van der Waals surface area contributed by atoms with Crippen molar-refractivity contribution in [2.75, 3.05) is 0 Å². The quantitative estimate of drug-likeness (QED) is 0.552. The van der Waals surface area contributed by atoms with E-state index < -0.39 is 11.7 Å². The van der Waals surface area contributed by atoms with E-state index in [2.05, 4.69) is 20.2 Å². The molecule has 0 saturated carbocycles. The molecular formula is C17H11F3N4O. The van der Waals surface area contributed by atoms with E-state index in [-0.39, 0.29) is 16.7 Å². The van der Waals surface area contributed by atoms with Gasteiger partial charge in [0.2, 0.25) is 0 Å². The highest BCUT2D eigenvalue weighted by molar-refractivity contribution is 5.99. The van der Waals surface area contributed by atoms with Crippen LogP contribution in [0, 0.1) is 6.92 Å². The van der Waals surface area contributed by atoms with Crippen molar-refractivity contribution in [3.63, 3.8) is 0 Å². The van der Waals surface area contributed by atoms with Crippen molar-refractivity contribution in [1.29, 1.82) is 0 Å². The summed E-state index contributed by atoms with van der Waals surface area (Å²) in [5, 5.41) is 7.25. The van der Waals surface area contributed by atoms with Crippen molar-refractivity contribution in [3.05, 3.63) is 58.3 Å². The molecule has 0 aliphatic heterocycles. The Kier molecular flexibility index (Phi) is 3.18. The van der Waals surface area contributed by atoms with Gasteiger partial charge in [-0.3, -0.25) is 9.89 Å². The summed E-state index contributed by atoms with van der Waals surface area (Å²) in [4.78, 5) is 18.3. The number of nitrogens with one attached hydrogen (secondary N) is 2. The van der Waals surface area contributed by atoms with Gasteiger partial charge in [0.05, 0.1) is 34.5 Å². The molecule has 2 aromatic carbocycles. The molecule has 0 unspecified atom stereocenters. The van der Waals surface area contributed by atoms with Crippen LogP contribution in [0.25, 0.3) is 32.9 Å². The zero-order chi connectivity index (χ0) is 17.8. The first kappa shape index (κ1) is 15.4. The summed E-state index contributed by atoms with van der Waals surface area (Å²) in [7, 11) is 0. The number of hydrogen-bond donors (Lipinski definition) is 2. The van der Waals surface area contributed by atoms with E-state index in [1.807, 2.05) is 0 Å². The monoisotopic (exact) mass is 344 g/mol. The molecule has 0 amide bonds. The minimum atomic E-state index is -4.53. The van der Waals surface area contributed by atoms with E-state index >= 15 is 0 Å². The lowest BCUT2D eigenvalue weighted by Gasteiger charge is -2.17. The average molecular weight is 344 g/mol. The van der Waals surface area contributed by atoms with E-state index in [1.54, 1.807) is 0 Å². The number of aromatic nitrogens is 4. The predicted molar refractivity (Wildman–Crippen MR) is 87.2 cm³/mol. The number of aromatic amines is 2. The smallest absolute Gasteiger partial charge is 0.313 e. The molecule has 2 heterocycles. The number of halogens is 3. The summed E-state index contributed by atoms with van der Waals surface area (Å²) >= 11 is 0. The molecule has 8 heteroatoms. The molecule has 0 saturated heterocycles. The fourth-order valence-corrected chi connectivity index (χ4v) is 3.12. The Morgan fingerprint density at radius 3 is 2.68 bits per heavy atom. The summed E-state index contributed by atoms with van der Waals surface area (Å²) in [6, 6.07) is 5.89. The molecule has 0 bridgehead atoms. The normalized spacial score (nSPS) is 12.2. The highest BCUT2D eigenvalue weighted by Crippen LogP contribution is 2.43. The van der Waals surface area contributed by atoms with Crippen LogP contribution in [0.2, 0.25) is 0 Å². The largest absolute Gasteiger partial charge is 0.417 e. The number of nitrogens with zero attached hydrogens (tertiary/aromatic N) is 2. The van der Waals surface area contributed by atoms with Crippen LogP contribution in [0.5, 0.6) is 0 Å². The molecule has 2 N–H and O–H groups in total. The van der Waals surface area contributed by atoms with Gasteiger partial charge in [-0.25, -0.2) is 4.98 Å². The zero-order valence-electron chi connectivity index (χ0n) is 12.9. The predicted octanol–water partition coefficient (Wildman–Crippen LogP) is 3.79. The Morgan fingerprint density at radius 2 is 1.92 bits per heavy atom. The first-order chi connectivity index (χ1) is 11.9. The van der Waals surface area contributed by atoms with Crippen molar-refractivity contribution in [2.24, 2.45) is 0 Å². The van der Waals surface area contributed by atoms with Crippen molar-refractivity contribution < 1.29 is 13.2 Å². The van der Waals surface area contributed by atoms with Gasteiger partial charge in [0.1, 0.15) is 0 Å². The number of aryl methyl sites for hydroxylation is 1. The number of H-pyrrole nitrogens is 2. The summed E-state index contributed by atoms with van der Waals surface area (Å²) < 4.78 is 41.1. The fourth-order valence-electron chi connectivity index (χ4n) is 3.12. The van der Waals surface area contributed by atoms with Crippen LogP contribution in [-0.2, 0) is 6.18 Å². The van der Waals surface area contributed by atoms with Gasteiger partial charge in [0.25, 0.3) is 5.56 Å². The topological polar surface area (TPSA) is 74.4 Å². The van der Waals surface area contributed by atoms with E-state index in [4.69, 9.17) is 0 Å². The second kappa shape index (κ2) is 5.17. The van der Waals surface area contributed by atoms with Crippen molar-refractivity contribution in [3.8, 4) is 11.1 Å². The third-order valence-electron chi connectivity index (χ3n) is 4.16. The molecule has 5 nitrogen and oxygen atoms in total. The lowest BCUT2D eigenvalue weighted by atomic mass is 9.92. The van der Waals surface area contributed by atoms with Gasteiger partial charge in [-0.15, -0.1) is 0 Å². The van der Waals surface area contributed by atoms with Gasteiger partial charge in [0.15, 0.2) is 0 Å². The van der Waals surface area contributed by atoms with Crippen LogP contribution in [0.4, 0.5) is 13.2 Å². The molecule has 0 spiro atoms. The minimum Gasteiger partial charge on any atom is -0.313 e. The molecule has 0 radical (unpaired) electrons. The van der Waals surface area contributed by atoms with Gasteiger partial charge in [-0.2, -0.15) is 18.3 Å². The molecule has 4 aromatic rings. The molecule has 126 valence electrons. The maximum absolute atomic E-state index is 13.7. The molecule has 0 fully saturated rings. The van der Waals surface area contributed by atoms with Crippen LogP contribution >= 0.6 is 0 Å². The second-order valence-electron chi connectivity index (χ2n) is 5.74. The standard InChI is InChI=1S/C17H11F3N4O/c1-8-4-13-11(6-23-24-13)14(15(8)17(18,19)20)9-2-3-10-12(5-9)21-7-22-16(10)25/h2-7H,1H3,(H,23,24)(H,21,22,25). The SMILES string of the molecule is Cc1cc2[nH]ncc2c(-c2ccc3c(=O)[nH]cnc3c2)c1C(F)(F)F. The van der Waals surface area contributed by atoms with E-state index in [0.717, 1.165) is 0 Å². The minimum absolute atomic E-state index is 0.0280. The molecule has 0 aliphatic carbocycles. The third-order valence-corrected chi connectivity index (χ3v) is 4.16. The second-order valence-corrected chi connectivity index (χ2v) is 5.74. The average Bonchev–Trinajstić information content (AvgIpc) is 3.00. The lowest BCUT2D eigenvalue weighted by molar-refractivity contribution is -0.137. The molecule has 25 heavy (non-hydrogen) atoms. The Bertz CT molecular complexity index is 1170. The van der Waals surface area contributed by atoms with Crippen molar-refractivity contribution in [1.82, 2.24) is 20.2 Å². The molecule has 0 atom stereocenters. The summed E-state index contributed by atoms with van der Waals surface area (Å²) in [5.41, 5.74) is 0.231. The fraction of sp³-hybridized carbons (Fsp3) is 0.118. The van der Waals surface area contributed by atoms with Gasteiger partial charge >= 0.3 is 6.18 Å². The number of benzene rings is 2. The van der Waals surface area contributed by atoms with Crippen LogP contribution in [0.3, 0.4) is 0 Å². The molecular weight excluding hydrogens is 333 g/mol. The van der Waals surface area contributed by atoms with Crippen LogP contribution in [0.1, 0.15) is 11.1 Å². The summed E-state index contributed by atoms with van der Waals surface area (Å²) in [5.74, 6) is 0. The number of hydrogen-bond acceptors (Lipinski definition) is 3. The maximum Gasteiger partial charge on any atom is 0.417 e. The van der Waals surface area contributed by atoms with Crippen LogP contribution in [0.15, 0.2) is 41.6 Å². The Balaban J connectivity index is 2.13. The third kappa shape index (κ3) is 2.37. The molecule has 2 aromatic heterocycles. The highest BCUT2D eigenvalue weighted by Gasteiger charge is 2.36.